The van der Waals surface area contributed by atoms with Crippen LogP contribution in [-0.2, 0) is 11.2 Å². The predicted octanol–water partition coefficient (Wildman–Crippen LogP) is 3.40. The van der Waals surface area contributed by atoms with Gasteiger partial charge in [-0.25, -0.2) is 0 Å². The lowest BCUT2D eigenvalue weighted by Crippen LogP contribution is -2.38. The largest absolute Gasteiger partial charge is 0.382 e. The van der Waals surface area contributed by atoms with Crippen molar-refractivity contribution in [2.24, 2.45) is 5.41 Å². The van der Waals surface area contributed by atoms with Gasteiger partial charge < -0.3 is 10.6 Å². The Balaban J connectivity index is 1.55. The zero-order chi connectivity index (χ0) is 17.4. The van der Waals surface area contributed by atoms with Crippen LogP contribution in [0.4, 0.5) is 5.82 Å². The first-order valence-corrected chi connectivity index (χ1v) is 9.10. The molecule has 2 aromatic rings. The molecular formula is C19H21ClN4O. The second kappa shape index (κ2) is 6.30. The van der Waals surface area contributed by atoms with Crippen LogP contribution < -0.4 is 5.73 Å². The SMILES string of the molecule is Nc1ccc(C2CCCN2C(=O)C2(Cc3ccccc3Cl)CC2)nn1. The molecule has 25 heavy (non-hydrogen) atoms. The fourth-order valence-electron chi connectivity index (χ4n) is 3.78. The smallest absolute Gasteiger partial charge is 0.229 e. The van der Waals surface area contributed by atoms with Crippen molar-refractivity contribution in [3.8, 4) is 0 Å². The summed E-state index contributed by atoms with van der Waals surface area (Å²) in [4.78, 5) is 15.3. The highest BCUT2D eigenvalue weighted by Crippen LogP contribution is 2.52. The summed E-state index contributed by atoms with van der Waals surface area (Å²) in [6.45, 7) is 0.778. The summed E-state index contributed by atoms with van der Waals surface area (Å²) >= 11 is 6.31. The van der Waals surface area contributed by atoms with E-state index in [-0.39, 0.29) is 17.4 Å². The van der Waals surface area contributed by atoms with Gasteiger partial charge in [-0.1, -0.05) is 29.8 Å². The summed E-state index contributed by atoms with van der Waals surface area (Å²) in [5, 5.41) is 8.89. The fourth-order valence-corrected chi connectivity index (χ4v) is 3.98. The lowest BCUT2D eigenvalue weighted by atomic mass is 9.94. The van der Waals surface area contributed by atoms with Crippen LogP contribution in [0.1, 0.15) is 43.0 Å². The minimum Gasteiger partial charge on any atom is -0.382 e. The molecule has 5 nitrogen and oxygen atoms in total. The van der Waals surface area contributed by atoms with Gasteiger partial charge in [0.1, 0.15) is 5.82 Å². The number of rotatable bonds is 4. The molecule has 1 aliphatic carbocycles. The van der Waals surface area contributed by atoms with Crippen molar-refractivity contribution in [3.63, 3.8) is 0 Å². The molecule has 6 heteroatoms. The number of likely N-dealkylation sites (tertiary alicyclic amines) is 1. The molecule has 0 radical (unpaired) electrons. The van der Waals surface area contributed by atoms with Crippen LogP contribution in [0.15, 0.2) is 36.4 Å². The van der Waals surface area contributed by atoms with E-state index in [0.717, 1.165) is 48.5 Å². The van der Waals surface area contributed by atoms with Crippen LogP contribution in [-0.4, -0.2) is 27.5 Å². The van der Waals surface area contributed by atoms with E-state index in [1.165, 1.54) is 0 Å². The second-order valence-corrected chi connectivity index (χ2v) is 7.50. The van der Waals surface area contributed by atoms with Gasteiger partial charge in [0.2, 0.25) is 5.91 Å². The molecule has 130 valence electrons. The Bertz CT molecular complexity index is 788. The van der Waals surface area contributed by atoms with Crippen molar-refractivity contribution in [3.05, 3.63) is 52.7 Å². The van der Waals surface area contributed by atoms with Crippen molar-refractivity contribution in [1.29, 1.82) is 0 Å². The summed E-state index contributed by atoms with van der Waals surface area (Å²) in [5.41, 5.74) is 7.22. The molecule has 4 rings (SSSR count). The molecule has 1 amide bonds. The number of hydrogen-bond acceptors (Lipinski definition) is 4. The van der Waals surface area contributed by atoms with Crippen molar-refractivity contribution < 1.29 is 4.79 Å². The van der Waals surface area contributed by atoms with Crippen LogP contribution in [0.3, 0.4) is 0 Å². The molecule has 0 spiro atoms. The highest BCUT2D eigenvalue weighted by atomic mass is 35.5. The highest BCUT2D eigenvalue weighted by molar-refractivity contribution is 6.31. The van der Waals surface area contributed by atoms with Gasteiger partial charge in [0, 0.05) is 11.6 Å². The summed E-state index contributed by atoms with van der Waals surface area (Å²) < 4.78 is 0. The molecule has 1 atom stereocenters. The summed E-state index contributed by atoms with van der Waals surface area (Å²) in [6.07, 6.45) is 4.47. The van der Waals surface area contributed by atoms with E-state index in [1.807, 2.05) is 35.2 Å². The van der Waals surface area contributed by atoms with Gasteiger partial charge in [-0.05, 0) is 55.9 Å². The quantitative estimate of drug-likeness (QED) is 0.911. The number of nitrogens with two attached hydrogens (primary N) is 1. The van der Waals surface area contributed by atoms with Crippen LogP contribution in [0, 0.1) is 5.41 Å². The van der Waals surface area contributed by atoms with E-state index >= 15 is 0 Å². The van der Waals surface area contributed by atoms with Gasteiger partial charge in [-0.15, -0.1) is 5.10 Å². The lowest BCUT2D eigenvalue weighted by molar-refractivity contribution is -0.138. The predicted molar refractivity (Wildman–Crippen MR) is 97.0 cm³/mol. The normalized spacial score (nSPS) is 21.3. The molecule has 2 aliphatic rings. The molecule has 2 N–H and O–H groups in total. The Morgan fingerprint density at radius 3 is 2.72 bits per heavy atom. The number of nitrogen functional groups attached to an aromatic ring is 1. The topological polar surface area (TPSA) is 72.1 Å². The molecule has 1 saturated carbocycles. The first-order valence-electron chi connectivity index (χ1n) is 8.73. The summed E-state index contributed by atoms with van der Waals surface area (Å²) in [6, 6.07) is 11.4. The Hall–Kier alpha value is -2.14. The van der Waals surface area contributed by atoms with E-state index in [0.29, 0.717) is 12.2 Å². The third-order valence-corrected chi connectivity index (χ3v) is 5.72. The first-order chi connectivity index (χ1) is 12.1. The molecule has 1 saturated heterocycles. The summed E-state index contributed by atoms with van der Waals surface area (Å²) in [7, 11) is 0. The Labute approximate surface area is 152 Å². The molecule has 1 aromatic heterocycles. The first kappa shape index (κ1) is 16.3. The number of carbonyl (C=O) groups excluding carboxylic acids is 1. The van der Waals surface area contributed by atoms with E-state index in [9.17, 15) is 4.79 Å². The van der Waals surface area contributed by atoms with Gasteiger partial charge in [0.05, 0.1) is 17.2 Å². The lowest BCUT2D eigenvalue weighted by Gasteiger charge is -2.28. The van der Waals surface area contributed by atoms with Crippen LogP contribution in [0.2, 0.25) is 5.02 Å². The standard InChI is InChI=1S/C19H21ClN4O/c20-14-5-2-1-4-13(14)12-19(9-10-19)18(25)24-11-3-6-16(24)15-7-8-17(21)23-22-15/h1-2,4-5,7-8,16H,3,6,9-12H2,(H2,21,23). The van der Waals surface area contributed by atoms with E-state index in [2.05, 4.69) is 10.2 Å². The van der Waals surface area contributed by atoms with Gasteiger partial charge >= 0.3 is 0 Å². The fraction of sp³-hybridized carbons (Fsp3) is 0.421. The van der Waals surface area contributed by atoms with E-state index in [4.69, 9.17) is 17.3 Å². The number of hydrogen-bond donors (Lipinski definition) is 1. The molecule has 2 heterocycles. The van der Waals surface area contributed by atoms with Crippen LogP contribution >= 0.6 is 11.6 Å². The third kappa shape index (κ3) is 3.09. The number of anilines is 1. The van der Waals surface area contributed by atoms with E-state index < -0.39 is 0 Å². The average molecular weight is 357 g/mol. The van der Waals surface area contributed by atoms with Gasteiger partial charge in [-0.2, -0.15) is 5.10 Å². The number of aromatic nitrogens is 2. The minimum atomic E-state index is -0.297. The van der Waals surface area contributed by atoms with Crippen molar-refractivity contribution >= 4 is 23.3 Å². The van der Waals surface area contributed by atoms with Crippen LogP contribution in [0.5, 0.6) is 0 Å². The maximum Gasteiger partial charge on any atom is 0.229 e. The number of carbonyl (C=O) groups is 1. The molecule has 1 unspecified atom stereocenters. The van der Waals surface area contributed by atoms with Crippen molar-refractivity contribution in [1.82, 2.24) is 15.1 Å². The molecule has 1 aliphatic heterocycles. The van der Waals surface area contributed by atoms with Gasteiger partial charge in [0.25, 0.3) is 0 Å². The summed E-state index contributed by atoms with van der Waals surface area (Å²) in [5.74, 6) is 0.630. The Kier molecular flexibility index (Phi) is 4.12. The maximum atomic E-state index is 13.3. The van der Waals surface area contributed by atoms with E-state index in [1.54, 1.807) is 6.07 Å². The molecule has 0 bridgehead atoms. The van der Waals surface area contributed by atoms with Crippen molar-refractivity contribution in [2.45, 2.75) is 38.1 Å². The second-order valence-electron chi connectivity index (χ2n) is 7.09. The van der Waals surface area contributed by atoms with Gasteiger partial charge in [-0.3, -0.25) is 4.79 Å². The number of benzene rings is 1. The van der Waals surface area contributed by atoms with Crippen molar-refractivity contribution in [2.75, 3.05) is 12.3 Å². The number of amides is 1. The number of nitrogens with zero attached hydrogens (tertiary/aromatic N) is 3. The number of halogens is 1. The molecule has 1 aromatic carbocycles. The third-order valence-electron chi connectivity index (χ3n) is 5.35. The monoisotopic (exact) mass is 356 g/mol. The Morgan fingerprint density at radius 1 is 1.24 bits per heavy atom. The Morgan fingerprint density at radius 2 is 2.04 bits per heavy atom. The zero-order valence-corrected chi connectivity index (χ0v) is 14.7. The molecule has 2 fully saturated rings. The van der Waals surface area contributed by atoms with Gasteiger partial charge in [0.15, 0.2) is 0 Å². The zero-order valence-electron chi connectivity index (χ0n) is 14.0. The minimum absolute atomic E-state index is 0.00400. The molecular weight excluding hydrogens is 336 g/mol. The highest BCUT2D eigenvalue weighted by Gasteiger charge is 2.53. The maximum absolute atomic E-state index is 13.3. The average Bonchev–Trinajstić information content (AvgIpc) is 3.23. The van der Waals surface area contributed by atoms with Crippen LogP contribution in [0.25, 0.3) is 0 Å².